The lowest BCUT2D eigenvalue weighted by Gasteiger charge is -2.29. The molecule has 0 aromatic carbocycles. The maximum Gasteiger partial charge on any atom is 0.306 e. The average Bonchev–Trinajstić information content (AvgIpc) is 2.98. The number of hydrogen-bond acceptors (Lipinski definition) is 4. The maximum absolute atomic E-state index is 12.9. The van der Waals surface area contributed by atoms with Gasteiger partial charge in [-0.1, -0.05) is 175 Å². The molecular weight excluding hydrogens is 520 g/mol. The lowest BCUT2D eigenvalue weighted by atomic mass is 10.00. The van der Waals surface area contributed by atoms with E-state index in [1.807, 2.05) is 0 Å². The molecule has 0 aromatic rings. The van der Waals surface area contributed by atoms with Crippen molar-refractivity contribution < 1.29 is 19.4 Å². The highest BCUT2D eigenvalue weighted by Gasteiger charge is 2.27. The number of carbonyl (C=O) groups excluding carboxylic acids is 1. The van der Waals surface area contributed by atoms with Crippen LogP contribution in [0, 0.1) is 0 Å². The Balaban J connectivity index is 4.68. The van der Waals surface area contributed by atoms with E-state index in [4.69, 9.17) is 9.47 Å². The molecule has 42 heavy (non-hydrogen) atoms. The minimum Gasteiger partial charge on any atom is -0.460 e. The first-order valence-corrected chi connectivity index (χ1v) is 19.1. The van der Waals surface area contributed by atoms with Gasteiger partial charge in [0.15, 0.2) is 6.29 Å². The summed E-state index contributed by atoms with van der Waals surface area (Å²) in [5, 5.41) is 10.8. The third-order valence-electron chi connectivity index (χ3n) is 8.75. The van der Waals surface area contributed by atoms with Crippen LogP contribution in [0.2, 0.25) is 0 Å². The molecule has 0 amide bonds. The Labute approximate surface area is 263 Å². The van der Waals surface area contributed by atoms with Crippen LogP contribution in [0.15, 0.2) is 0 Å². The van der Waals surface area contributed by atoms with Crippen molar-refractivity contribution in [1.29, 1.82) is 0 Å². The van der Waals surface area contributed by atoms with Crippen LogP contribution < -0.4 is 0 Å². The van der Waals surface area contributed by atoms with E-state index in [1.165, 1.54) is 122 Å². The van der Waals surface area contributed by atoms with Crippen molar-refractivity contribution >= 4 is 5.97 Å². The smallest absolute Gasteiger partial charge is 0.306 e. The first-order valence-electron chi connectivity index (χ1n) is 19.1. The molecular formula is C38H76O4. The zero-order chi connectivity index (χ0) is 30.9. The van der Waals surface area contributed by atoms with Gasteiger partial charge in [0.25, 0.3) is 0 Å². The molecule has 252 valence electrons. The fourth-order valence-corrected chi connectivity index (χ4v) is 5.90. The lowest BCUT2D eigenvalue weighted by molar-refractivity contribution is -0.189. The van der Waals surface area contributed by atoms with E-state index in [-0.39, 0.29) is 18.2 Å². The normalized spacial score (nSPS) is 13.7. The molecule has 0 saturated heterocycles. The van der Waals surface area contributed by atoms with Crippen molar-refractivity contribution in [2.75, 3.05) is 0 Å². The monoisotopic (exact) mass is 597 g/mol. The highest BCUT2D eigenvalue weighted by molar-refractivity contribution is 5.69. The molecule has 0 aliphatic rings. The minimum atomic E-state index is -0.764. The van der Waals surface area contributed by atoms with Crippen molar-refractivity contribution in [1.82, 2.24) is 0 Å². The molecule has 4 heteroatoms. The summed E-state index contributed by atoms with van der Waals surface area (Å²) in [6, 6.07) is 0. The zero-order valence-electron chi connectivity index (χ0n) is 29.1. The van der Waals surface area contributed by atoms with Crippen LogP contribution in [0.4, 0.5) is 0 Å². The van der Waals surface area contributed by atoms with Crippen LogP contribution in [0.5, 0.6) is 0 Å². The Kier molecular flexibility index (Phi) is 32.8. The number of aliphatic hydroxyl groups is 1. The molecule has 0 aliphatic carbocycles. The third kappa shape index (κ3) is 28.2. The molecule has 0 rings (SSSR count). The van der Waals surface area contributed by atoms with E-state index < -0.39 is 6.29 Å². The zero-order valence-corrected chi connectivity index (χ0v) is 29.1. The number of rotatable bonds is 34. The minimum absolute atomic E-state index is 0.0796. The summed E-state index contributed by atoms with van der Waals surface area (Å²) in [7, 11) is 0. The summed E-state index contributed by atoms with van der Waals surface area (Å²) in [6.45, 7) is 8.96. The number of hydrogen-bond donors (Lipinski definition) is 1. The maximum atomic E-state index is 12.9. The Morgan fingerprint density at radius 1 is 0.452 bits per heavy atom. The number of aliphatic hydroxyl groups excluding tert-OH is 1. The molecule has 0 aromatic heterocycles. The highest BCUT2D eigenvalue weighted by Crippen LogP contribution is 2.23. The topological polar surface area (TPSA) is 55.8 Å². The van der Waals surface area contributed by atoms with Gasteiger partial charge in [-0.15, -0.1) is 0 Å². The van der Waals surface area contributed by atoms with Crippen molar-refractivity contribution in [2.45, 2.75) is 239 Å². The number of carbonyl (C=O) groups is 1. The van der Waals surface area contributed by atoms with Gasteiger partial charge in [0.1, 0.15) is 6.10 Å². The van der Waals surface area contributed by atoms with Crippen molar-refractivity contribution in [3.8, 4) is 0 Å². The molecule has 0 aliphatic heterocycles. The standard InChI is InChI=1S/C38H76O4/c1-5-9-13-16-19-21-23-26-29-33-37(39)41-35(31-12-8-4)36(32-28-25-18-15-11-7-3)42-38(40)34-30-27-24-22-20-17-14-10-6-2/h35-36,38,40H,5-34H2,1-4H3/t35?,36?,38-/m1/s1. The Hall–Kier alpha value is -0.610. The Morgan fingerprint density at radius 2 is 0.810 bits per heavy atom. The number of unbranched alkanes of at least 4 members (excludes halogenated alkanes) is 22. The van der Waals surface area contributed by atoms with E-state index >= 15 is 0 Å². The highest BCUT2D eigenvalue weighted by atomic mass is 16.6. The summed E-state index contributed by atoms with van der Waals surface area (Å²) >= 11 is 0. The van der Waals surface area contributed by atoms with Gasteiger partial charge >= 0.3 is 5.97 Å². The second kappa shape index (κ2) is 33.3. The predicted octanol–water partition coefficient (Wildman–Crippen LogP) is 12.4. The van der Waals surface area contributed by atoms with E-state index in [2.05, 4.69) is 27.7 Å². The van der Waals surface area contributed by atoms with Gasteiger partial charge in [-0.3, -0.25) is 4.79 Å². The average molecular weight is 597 g/mol. The summed E-state index contributed by atoms with van der Waals surface area (Å²) < 4.78 is 12.4. The Bertz CT molecular complexity index is 537. The molecule has 0 heterocycles. The van der Waals surface area contributed by atoms with Crippen LogP contribution >= 0.6 is 0 Å². The molecule has 3 atom stereocenters. The molecule has 0 spiro atoms. The van der Waals surface area contributed by atoms with Gasteiger partial charge in [0.05, 0.1) is 6.10 Å². The first kappa shape index (κ1) is 41.4. The fraction of sp³-hybridized carbons (Fsp3) is 0.974. The summed E-state index contributed by atoms with van der Waals surface area (Å²) in [5.41, 5.74) is 0. The molecule has 0 radical (unpaired) electrons. The van der Waals surface area contributed by atoms with Gasteiger partial charge < -0.3 is 14.6 Å². The summed E-state index contributed by atoms with van der Waals surface area (Å²) in [5.74, 6) is -0.0796. The van der Waals surface area contributed by atoms with Gasteiger partial charge in [-0.25, -0.2) is 0 Å². The van der Waals surface area contributed by atoms with E-state index in [1.54, 1.807) is 0 Å². The predicted molar refractivity (Wildman–Crippen MR) is 182 cm³/mol. The van der Waals surface area contributed by atoms with Crippen LogP contribution in [-0.4, -0.2) is 29.6 Å². The SMILES string of the molecule is CCCCCCCCCCCC(=O)OC(CCCC)C(CCCCCCCC)O[C@@H](O)CCCCCCCCCCC. The molecule has 0 fully saturated rings. The van der Waals surface area contributed by atoms with Crippen LogP contribution in [0.1, 0.15) is 220 Å². The van der Waals surface area contributed by atoms with E-state index in [0.29, 0.717) is 12.8 Å². The van der Waals surface area contributed by atoms with Crippen molar-refractivity contribution in [3.05, 3.63) is 0 Å². The van der Waals surface area contributed by atoms with Gasteiger partial charge in [0.2, 0.25) is 0 Å². The van der Waals surface area contributed by atoms with Gasteiger partial charge in [-0.05, 0) is 38.5 Å². The van der Waals surface area contributed by atoms with E-state index in [9.17, 15) is 9.90 Å². The van der Waals surface area contributed by atoms with Crippen LogP contribution in [0.25, 0.3) is 0 Å². The van der Waals surface area contributed by atoms with E-state index in [0.717, 1.165) is 57.8 Å². The van der Waals surface area contributed by atoms with Gasteiger partial charge in [0, 0.05) is 6.42 Å². The molecule has 2 unspecified atom stereocenters. The van der Waals surface area contributed by atoms with Crippen molar-refractivity contribution in [2.24, 2.45) is 0 Å². The molecule has 0 bridgehead atoms. The fourth-order valence-electron chi connectivity index (χ4n) is 5.90. The number of ether oxygens (including phenoxy) is 2. The largest absolute Gasteiger partial charge is 0.460 e. The molecule has 1 N–H and O–H groups in total. The summed E-state index contributed by atoms with van der Waals surface area (Å²) in [6.07, 6.45) is 33.7. The summed E-state index contributed by atoms with van der Waals surface area (Å²) in [4.78, 5) is 12.9. The number of esters is 1. The molecule has 4 nitrogen and oxygen atoms in total. The first-order chi connectivity index (χ1) is 20.6. The van der Waals surface area contributed by atoms with Crippen molar-refractivity contribution in [3.63, 3.8) is 0 Å². The third-order valence-corrected chi connectivity index (χ3v) is 8.75. The molecule has 0 saturated carbocycles. The second-order valence-corrected chi connectivity index (χ2v) is 13.1. The van der Waals surface area contributed by atoms with Crippen LogP contribution in [0.3, 0.4) is 0 Å². The quantitative estimate of drug-likeness (QED) is 0.0456. The van der Waals surface area contributed by atoms with Crippen LogP contribution in [-0.2, 0) is 14.3 Å². The van der Waals surface area contributed by atoms with Gasteiger partial charge in [-0.2, -0.15) is 0 Å². The second-order valence-electron chi connectivity index (χ2n) is 13.1. The Morgan fingerprint density at radius 3 is 1.26 bits per heavy atom. The lowest BCUT2D eigenvalue weighted by Crippen LogP contribution is -2.36.